The molecule has 0 spiro atoms. The van der Waals surface area contributed by atoms with Gasteiger partial charge in [-0.1, -0.05) is 38.3 Å². The first-order chi connectivity index (χ1) is 9.11. The summed E-state index contributed by atoms with van der Waals surface area (Å²) in [6, 6.07) is 8.31. The van der Waals surface area contributed by atoms with Gasteiger partial charge in [0, 0.05) is 5.54 Å². The molecule has 0 radical (unpaired) electrons. The summed E-state index contributed by atoms with van der Waals surface area (Å²) in [6.07, 6.45) is 5.09. The van der Waals surface area contributed by atoms with Gasteiger partial charge in [0.15, 0.2) is 4.34 Å². The topological polar surface area (TPSA) is 24.9 Å². The number of nitrogens with zero attached hydrogens (tertiary/aromatic N) is 1. The molecule has 0 saturated heterocycles. The normalized spacial score (nSPS) is 12.2. The Labute approximate surface area is 124 Å². The molecule has 0 aliphatic heterocycles. The molecule has 2 nitrogen and oxygen atoms in total. The number of benzene rings is 1. The minimum atomic E-state index is 0.164. The monoisotopic (exact) mass is 294 g/mol. The summed E-state index contributed by atoms with van der Waals surface area (Å²) in [4.78, 5) is 4.63. The van der Waals surface area contributed by atoms with E-state index in [1.165, 1.54) is 30.4 Å². The van der Waals surface area contributed by atoms with Crippen molar-refractivity contribution >= 4 is 33.5 Å². The zero-order chi connectivity index (χ0) is 13.7. The second kappa shape index (κ2) is 6.73. The second-order valence-corrected chi connectivity index (χ2v) is 7.58. The molecule has 0 bridgehead atoms. The summed E-state index contributed by atoms with van der Waals surface area (Å²) in [5.74, 6) is 0. The Morgan fingerprint density at radius 3 is 2.79 bits per heavy atom. The van der Waals surface area contributed by atoms with E-state index < -0.39 is 0 Å². The number of fused-ring (bicyclic) bond motifs is 1. The van der Waals surface area contributed by atoms with Gasteiger partial charge in [-0.15, -0.1) is 11.3 Å². The number of rotatable bonds is 7. The van der Waals surface area contributed by atoms with E-state index >= 15 is 0 Å². The van der Waals surface area contributed by atoms with Crippen molar-refractivity contribution in [3.63, 3.8) is 0 Å². The summed E-state index contributed by atoms with van der Waals surface area (Å²) in [7, 11) is 0. The van der Waals surface area contributed by atoms with Crippen molar-refractivity contribution in [1.82, 2.24) is 9.71 Å². The smallest absolute Gasteiger partial charge is 0.166 e. The summed E-state index contributed by atoms with van der Waals surface area (Å²) in [6.45, 7) is 6.78. The molecule has 0 amide bonds. The summed E-state index contributed by atoms with van der Waals surface area (Å²) in [5.41, 5.74) is 1.26. The fraction of sp³-hybridized carbons (Fsp3) is 0.533. The van der Waals surface area contributed by atoms with Crippen LogP contribution in [0.25, 0.3) is 10.2 Å². The van der Waals surface area contributed by atoms with Gasteiger partial charge >= 0.3 is 0 Å². The molecule has 1 N–H and O–H groups in total. The van der Waals surface area contributed by atoms with Crippen LogP contribution in [0.4, 0.5) is 0 Å². The van der Waals surface area contributed by atoms with E-state index in [1.807, 2.05) is 6.07 Å². The maximum absolute atomic E-state index is 4.63. The summed E-state index contributed by atoms with van der Waals surface area (Å²) in [5, 5.41) is 0. The number of aromatic nitrogens is 1. The number of thiazole rings is 1. The molecule has 2 aromatic rings. The highest BCUT2D eigenvalue weighted by molar-refractivity contribution is 7.99. The molecule has 104 valence electrons. The van der Waals surface area contributed by atoms with Crippen molar-refractivity contribution in [3.8, 4) is 0 Å². The Morgan fingerprint density at radius 1 is 1.26 bits per heavy atom. The second-order valence-electron chi connectivity index (χ2n) is 5.49. The lowest BCUT2D eigenvalue weighted by molar-refractivity contribution is 0.420. The van der Waals surface area contributed by atoms with Crippen LogP contribution in [-0.2, 0) is 0 Å². The van der Waals surface area contributed by atoms with Gasteiger partial charge in [0.05, 0.1) is 10.2 Å². The first kappa shape index (κ1) is 14.8. The van der Waals surface area contributed by atoms with E-state index in [1.54, 1.807) is 23.3 Å². The number of nitrogens with one attached hydrogen (secondary N) is 1. The van der Waals surface area contributed by atoms with Crippen LogP contribution in [0.1, 0.15) is 46.5 Å². The van der Waals surface area contributed by atoms with E-state index in [9.17, 15) is 0 Å². The van der Waals surface area contributed by atoms with Crippen LogP contribution in [0.3, 0.4) is 0 Å². The highest BCUT2D eigenvalue weighted by atomic mass is 32.2. The van der Waals surface area contributed by atoms with Crippen molar-refractivity contribution < 1.29 is 0 Å². The van der Waals surface area contributed by atoms with Crippen molar-refractivity contribution in [2.45, 2.75) is 56.3 Å². The van der Waals surface area contributed by atoms with Gasteiger partial charge in [-0.25, -0.2) is 4.98 Å². The summed E-state index contributed by atoms with van der Waals surface area (Å²) >= 11 is 3.42. The van der Waals surface area contributed by atoms with Crippen LogP contribution in [0.2, 0.25) is 0 Å². The lowest BCUT2D eigenvalue weighted by Gasteiger charge is -2.24. The molecule has 1 aromatic carbocycles. The number of para-hydroxylation sites is 1. The molecule has 0 unspecified atom stereocenters. The third-order valence-corrected chi connectivity index (χ3v) is 5.35. The van der Waals surface area contributed by atoms with Gasteiger partial charge in [0.2, 0.25) is 0 Å². The van der Waals surface area contributed by atoms with Crippen LogP contribution in [-0.4, -0.2) is 10.5 Å². The van der Waals surface area contributed by atoms with E-state index in [2.05, 4.69) is 48.7 Å². The predicted molar refractivity (Wildman–Crippen MR) is 86.8 cm³/mol. The first-order valence-corrected chi connectivity index (χ1v) is 8.53. The maximum atomic E-state index is 4.63. The molecule has 1 heterocycles. The highest BCUT2D eigenvalue weighted by Crippen LogP contribution is 2.29. The lowest BCUT2D eigenvalue weighted by Crippen LogP contribution is -2.34. The Bertz CT molecular complexity index is 487. The van der Waals surface area contributed by atoms with E-state index in [0.29, 0.717) is 0 Å². The van der Waals surface area contributed by atoms with Gasteiger partial charge in [-0.05, 0) is 44.3 Å². The van der Waals surface area contributed by atoms with Gasteiger partial charge in [-0.3, -0.25) is 4.72 Å². The van der Waals surface area contributed by atoms with Crippen LogP contribution in [0.15, 0.2) is 28.6 Å². The largest absolute Gasteiger partial charge is 0.252 e. The molecule has 1 aromatic heterocycles. The zero-order valence-electron chi connectivity index (χ0n) is 11.9. The van der Waals surface area contributed by atoms with Crippen LogP contribution < -0.4 is 4.72 Å². The highest BCUT2D eigenvalue weighted by Gasteiger charge is 2.17. The van der Waals surface area contributed by atoms with Crippen LogP contribution in [0.5, 0.6) is 0 Å². The molecule has 0 aliphatic rings. The molecule has 4 heteroatoms. The Morgan fingerprint density at radius 2 is 2.05 bits per heavy atom. The van der Waals surface area contributed by atoms with Crippen molar-refractivity contribution in [2.24, 2.45) is 0 Å². The minimum absolute atomic E-state index is 0.164. The standard InChI is InChI=1S/C15H22N2S2/c1-4-5-8-11-15(2,3)17-19-14-16-12-9-6-7-10-13(12)18-14/h6-7,9-10,17H,4-5,8,11H2,1-3H3. The Hall–Kier alpha value is -0.580. The molecule has 0 fully saturated rings. The predicted octanol–water partition coefficient (Wildman–Crippen LogP) is 5.25. The van der Waals surface area contributed by atoms with Crippen molar-refractivity contribution in [3.05, 3.63) is 24.3 Å². The quantitative estimate of drug-likeness (QED) is 0.557. The molecule has 0 aliphatic carbocycles. The molecular formula is C15H22N2S2. The van der Waals surface area contributed by atoms with Crippen LogP contribution in [0, 0.1) is 0 Å². The summed E-state index contributed by atoms with van der Waals surface area (Å²) < 4.78 is 5.92. The van der Waals surface area contributed by atoms with Gasteiger partial charge in [0.25, 0.3) is 0 Å². The van der Waals surface area contributed by atoms with Gasteiger partial charge in [-0.2, -0.15) is 0 Å². The minimum Gasteiger partial charge on any atom is -0.252 e. The fourth-order valence-electron chi connectivity index (χ4n) is 1.94. The average Bonchev–Trinajstić information content (AvgIpc) is 2.79. The third kappa shape index (κ3) is 4.48. The molecule has 0 saturated carbocycles. The molecular weight excluding hydrogens is 272 g/mol. The SMILES string of the molecule is CCCCCC(C)(C)NSc1nc2ccccc2s1. The first-order valence-electron chi connectivity index (χ1n) is 6.90. The Balaban J connectivity index is 1.90. The lowest BCUT2D eigenvalue weighted by atomic mass is 9.98. The van der Waals surface area contributed by atoms with E-state index in [4.69, 9.17) is 0 Å². The zero-order valence-corrected chi connectivity index (χ0v) is 13.5. The average molecular weight is 294 g/mol. The fourth-order valence-corrected chi connectivity index (χ4v) is 3.81. The van der Waals surface area contributed by atoms with Crippen LogP contribution >= 0.6 is 23.3 Å². The van der Waals surface area contributed by atoms with E-state index in [0.717, 1.165) is 9.86 Å². The Kier molecular flexibility index (Phi) is 5.25. The molecule has 2 rings (SSSR count). The number of hydrogen-bond donors (Lipinski definition) is 1. The number of hydrogen-bond acceptors (Lipinski definition) is 4. The van der Waals surface area contributed by atoms with Crippen molar-refractivity contribution in [1.29, 1.82) is 0 Å². The number of unbranched alkanes of at least 4 members (excludes halogenated alkanes) is 2. The molecule has 0 atom stereocenters. The third-order valence-electron chi connectivity index (χ3n) is 3.09. The molecule has 19 heavy (non-hydrogen) atoms. The maximum Gasteiger partial charge on any atom is 0.166 e. The van der Waals surface area contributed by atoms with E-state index in [-0.39, 0.29) is 5.54 Å². The van der Waals surface area contributed by atoms with Gasteiger partial charge in [0.1, 0.15) is 0 Å². The van der Waals surface area contributed by atoms with Crippen molar-refractivity contribution in [2.75, 3.05) is 0 Å². The van der Waals surface area contributed by atoms with Gasteiger partial charge < -0.3 is 0 Å².